The van der Waals surface area contributed by atoms with Gasteiger partial charge >= 0.3 is 0 Å². The minimum Gasteiger partial charge on any atom is -0.351 e. The van der Waals surface area contributed by atoms with Gasteiger partial charge in [0.05, 0.1) is 0 Å². The molecule has 6 heteroatoms. The highest BCUT2D eigenvalue weighted by atomic mass is 35.5. The minimum atomic E-state index is -0.328. The van der Waals surface area contributed by atoms with Crippen molar-refractivity contribution in [2.75, 3.05) is 0 Å². The van der Waals surface area contributed by atoms with Gasteiger partial charge in [-0.3, -0.25) is 9.59 Å². The lowest BCUT2D eigenvalue weighted by atomic mass is 9.90. The standard InChI is InChI=1S/C24H22ClN3O2/c25-18-11-12-19-17(14-18)15-22(26-19)24(30)28-21-9-5-4-8-20(21)27-23(29)13-10-16-6-2-1-3-7-16/h1-3,6-7,11-12,14-15,20-21,26H,4-5,8-9H2,(H,27,29)(H,28,30)/t20-,21+/m1/s1. The highest BCUT2D eigenvalue weighted by Gasteiger charge is 2.28. The second kappa shape index (κ2) is 9.06. The number of halogens is 1. The topological polar surface area (TPSA) is 74.0 Å². The molecule has 0 saturated heterocycles. The van der Waals surface area contributed by atoms with E-state index in [1.165, 1.54) is 0 Å². The zero-order chi connectivity index (χ0) is 20.9. The molecule has 1 aliphatic rings. The lowest BCUT2D eigenvalue weighted by Gasteiger charge is -2.32. The van der Waals surface area contributed by atoms with E-state index in [1.54, 1.807) is 12.1 Å². The first kappa shape index (κ1) is 20.1. The van der Waals surface area contributed by atoms with E-state index in [4.69, 9.17) is 11.6 Å². The van der Waals surface area contributed by atoms with E-state index >= 15 is 0 Å². The molecule has 5 nitrogen and oxygen atoms in total. The molecule has 0 spiro atoms. The van der Waals surface area contributed by atoms with Crippen LogP contribution in [0.2, 0.25) is 5.02 Å². The highest BCUT2D eigenvalue weighted by Crippen LogP contribution is 2.22. The summed E-state index contributed by atoms with van der Waals surface area (Å²) < 4.78 is 0. The summed E-state index contributed by atoms with van der Waals surface area (Å²) in [6.07, 6.45) is 3.64. The number of aromatic amines is 1. The molecule has 1 aliphatic carbocycles. The molecule has 0 unspecified atom stereocenters. The normalized spacial score (nSPS) is 18.3. The smallest absolute Gasteiger partial charge is 0.296 e. The second-order valence-corrected chi connectivity index (χ2v) is 7.91. The fourth-order valence-corrected chi connectivity index (χ4v) is 3.98. The number of hydrogen-bond acceptors (Lipinski definition) is 2. The van der Waals surface area contributed by atoms with Gasteiger partial charge in [0.1, 0.15) is 5.69 Å². The van der Waals surface area contributed by atoms with Gasteiger partial charge in [-0.25, -0.2) is 0 Å². The van der Waals surface area contributed by atoms with Crippen LogP contribution in [0.3, 0.4) is 0 Å². The summed E-state index contributed by atoms with van der Waals surface area (Å²) in [5, 5.41) is 7.56. The first-order valence-corrected chi connectivity index (χ1v) is 10.4. The Kier molecular flexibility index (Phi) is 6.06. The maximum absolute atomic E-state index is 12.8. The molecule has 1 saturated carbocycles. The van der Waals surface area contributed by atoms with Gasteiger partial charge in [0.2, 0.25) is 0 Å². The van der Waals surface area contributed by atoms with E-state index < -0.39 is 0 Å². The molecule has 1 heterocycles. The lowest BCUT2D eigenvalue weighted by molar-refractivity contribution is -0.116. The third-order valence-electron chi connectivity index (χ3n) is 5.32. The Morgan fingerprint density at radius 3 is 2.47 bits per heavy atom. The molecule has 1 fully saturated rings. The summed E-state index contributed by atoms with van der Waals surface area (Å²) >= 11 is 6.03. The third kappa shape index (κ3) is 4.84. The van der Waals surface area contributed by atoms with Crippen molar-refractivity contribution >= 4 is 34.3 Å². The van der Waals surface area contributed by atoms with Crippen molar-refractivity contribution < 1.29 is 9.59 Å². The molecule has 3 aromatic rings. The van der Waals surface area contributed by atoms with Crippen LogP contribution in [0.5, 0.6) is 0 Å². The number of carbonyl (C=O) groups excluding carboxylic acids is 2. The number of hydrogen-bond donors (Lipinski definition) is 3. The van der Waals surface area contributed by atoms with Crippen LogP contribution in [0, 0.1) is 11.8 Å². The Bertz CT molecular complexity index is 1130. The Balaban J connectivity index is 1.42. The molecular weight excluding hydrogens is 398 g/mol. The lowest BCUT2D eigenvalue weighted by Crippen LogP contribution is -2.53. The predicted molar refractivity (Wildman–Crippen MR) is 118 cm³/mol. The zero-order valence-electron chi connectivity index (χ0n) is 16.4. The SMILES string of the molecule is O=C(C#Cc1ccccc1)N[C@@H]1CCCC[C@@H]1NC(=O)c1cc2cc(Cl)ccc2[nH]1. The van der Waals surface area contributed by atoms with Gasteiger partial charge in [0.15, 0.2) is 0 Å². The fraction of sp³-hybridized carbons (Fsp3) is 0.250. The summed E-state index contributed by atoms with van der Waals surface area (Å²) in [7, 11) is 0. The third-order valence-corrected chi connectivity index (χ3v) is 5.56. The summed E-state index contributed by atoms with van der Waals surface area (Å²) in [5.74, 6) is 4.99. The maximum atomic E-state index is 12.8. The number of fused-ring (bicyclic) bond motifs is 1. The van der Waals surface area contributed by atoms with Crippen molar-refractivity contribution in [1.82, 2.24) is 15.6 Å². The Morgan fingerprint density at radius 2 is 1.70 bits per heavy atom. The first-order chi connectivity index (χ1) is 14.6. The monoisotopic (exact) mass is 419 g/mol. The summed E-state index contributed by atoms with van der Waals surface area (Å²) in [4.78, 5) is 28.2. The Labute approximate surface area is 180 Å². The molecule has 152 valence electrons. The van der Waals surface area contributed by atoms with E-state index in [2.05, 4.69) is 27.5 Å². The molecule has 3 N–H and O–H groups in total. The van der Waals surface area contributed by atoms with Gasteiger partial charge in [-0.05, 0) is 49.2 Å². The summed E-state index contributed by atoms with van der Waals surface area (Å²) in [5.41, 5.74) is 2.13. The highest BCUT2D eigenvalue weighted by molar-refractivity contribution is 6.31. The van der Waals surface area contributed by atoms with Crippen LogP contribution in [0.15, 0.2) is 54.6 Å². The molecular formula is C24H22ClN3O2. The van der Waals surface area contributed by atoms with Crippen LogP contribution in [-0.2, 0) is 4.79 Å². The van der Waals surface area contributed by atoms with E-state index in [0.29, 0.717) is 10.7 Å². The van der Waals surface area contributed by atoms with E-state index in [1.807, 2.05) is 42.5 Å². The fourth-order valence-electron chi connectivity index (χ4n) is 3.80. The molecule has 2 amide bonds. The van der Waals surface area contributed by atoms with Crippen LogP contribution in [0.4, 0.5) is 0 Å². The van der Waals surface area contributed by atoms with Gasteiger partial charge in [-0.1, -0.05) is 48.6 Å². The van der Waals surface area contributed by atoms with Crippen LogP contribution >= 0.6 is 11.6 Å². The van der Waals surface area contributed by atoms with E-state index in [-0.39, 0.29) is 23.9 Å². The van der Waals surface area contributed by atoms with Gasteiger partial charge in [-0.15, -0.1) is 0 Å². The molecule has 2 atom stereocenters. The zero-order valence-corrected chi connectivity index (χ0v) is 17.1. The van der Waals surface area contributed by atoms with Crippen molar-refractivity contribution in [3.63, 3.8) is 0 Å². The Morgan fingerprint density at radius 1 is 0.967 bits per heavy atom. The number of benzene rings is 2. The number of H-pyrrole nitrogens is 1. The number of carbonyl (C=O) groups is 2. The first-order valence-electron chi connectivity index (χ1n) is 10.1. The summed E-state index contributed by atoms with van der Waals surface area (Å²) in [6, 6.07) is 16.4. The van der Waals surface area contributed by atoms with Crippen molar-refractivity contribution in [2.45, 2.75) is 37.8 Å². The number of aromatic nitrogens is 1. The molecule has 0 radical (unpaired) electrons. The molecule has 1 aromatic heterocycles. The van der Waals surface area contributed by atoms with E-state index in [0.717, 1.165) is 42.1 Å². The molecule has 0 bridgehead atoms. The van der Waals surface area contributed by atoms with Crippen LogP contribution < -0.4 is 10.6 Å². The van der Waals surface area contributed by atoms with E-state index in [9.17, 15) is 9.59 Å². The predicted octanol–water partition coefficient (Wildman–Crippen LogP) is 4.03. The van der Waals surface area contributed by atoms with Gasteiger partial charge < -0.3 is 15.6 Å². The number of nitrogens with one attached hydrogen (secondary N) is 3. The van der Waals surface area contributed by atoms with Crippen molar-refractivity contribution in [2.24, 2.45) is 0 Å². The maximum Gasteiger partial charge on any atom is 0.296 e. The van der Waals surface area contributed by atoms with Crippen molar-refractivity contribution in [1.29, 1.82) is 0 Å². The van der Waals surface area contributed by atoms with Crippen molar-refractivity contribution in [3.05, 3.63) is 70.9 Å². The summed E-state index contributed by atoms with van der Waals surface area (Å²) in [6.45, 7) is 0. The number of rotatable bonds is 3. The van der Waals surface area contributed by atoms with Gasteiger partial charge in [0, 0.05) is 39.5 Å². The van der Waals surface area contributed by atoms with Crippen LogP contribution in [-0.4, -0.2) is 28.9 Å². The number of amides is 2. The van der Waals surface area contributed by atoms with Crippen LogP contribution in [0.1, 0.15) is 41.7 Å². The Hall–Kier alpha value is -3.23. The van der Waals surface area contributed by atoms with Crippen molar-refractivity contribution in [3.8, 4) is 11.8 Å². The van der Waals surface area contributed by atoms with Gasteiger partial charge in [-0.2, -0.15) is 0 Å². The minimum absolute atomic E-state index is 0.135. The van der Waals surface area contributed by atoms with Crippen LogP contribution in [0.25, 0.3) is 10.9 Å². The molecule has 2 aromatic carbocycles. The molecule has 30 heavy (non-hydrogen) atoms. The quantitative estimate of drug-likeness (QED) is 0.561. The average molecular weight is 420 g/mol. The van der Waals surface area contributed by atoms with Gasteiger partial charge in [0.25, 0.3) is 11.8 Å². The average Bonchev–Trinajstić information content (AvgIpc) is 3.18. The molecule has 4 rings (SSSR count). The molecule has 0 aliphatic heterocycles. The largest absolute Gasteiger partial charge is 0.351 e. The second-order valence-electron chi connectivity index (χ2n) is 7.47.